The van der Waals surface area contributed by atoms with Gasteiger partial charge in [-0.05, 0) is 93.2 Å². The molecule has 4 amide bonds. The molecule has 2 aliphatic heterocycles. The van der Waals surface area contributed by atoms with Gasteiger partial charge in [0.1, 0.15) is 23.5 Å². The summed E-state index contributed by atoms with van der Waals surface area (Å²) in [7, 11) is 1.64. The van der Waals surface area contributed by atoms with Gasteiger partial charge in [-0.1, -0.05) is 52.0 Å². The highest BCUT2D eigenvalue weighted by Gasteiger charge is 2.44. The zero-order valence-corrected chi connectivity index (χ0v) is 46.5. The molecule has 3 fully saturated rings. The predicted molar refractivity (Wildman–Crippen MR) is 300 cm³/mol. The molecule has 3 aromatic heterocycles. The average Bonchev–Trinajstić information content (AvgIpc) is 4.07. The molecule has 3 atom stereocenters. The quantitative estimate of drug-likeness (QED) is 0.0501. The van der Waals surface area contributed by atoms with E-state index in [0.29, 0.717) is 36.1 Å². The zero-order chi connectivity index (χ0) is 54.8. The lowest BCUT2D eigenvalue weighted by atomic mass is 9.85. The number of aryl methyl sites for hydroxylation is 2. The van der Waals surface area contributed by atoms with Gasteiger partial charge in [-0.3, -0.25) is 33.4 Å². The molecule has 5 N–H and O–H groups in total. The molecule has 0 radical (unpaired) electrons. The van der Waals surface area contributed by atoms with Gasteiger partial charge in [0, 0.05) is 107 Å². The number of methoxy groups -OCH3 is 1. The Labute approximate surface area is 455 Å². The standard InChI is InChI=1S/C57H77N11O8S/c1-8-48(70)61-40-15-17-41(18-16-40)68-50(72)29-36(2)44-33-59-56(64-53(44)68)62-45-20-19-42(30-47(45)75-7)66-25-23-65(24-26-66)22-9-10-27-76-28-21-49(71)63-52(57(4,5)6)55(74)67-34-43(69)31-46(67)54(73)58-32-38-11-13-39(14-12-38)51-37(3)60-35-77-51/h11-14,19-20,29-30,33,35,40-41,43,46,52,69H,8-10,15-18,21-28,31-32,34H2,1-7H3,(H,58,73)(H,61,70)(H,63,71)(H,59,62,64)/t40?,41?,43-,46+,52+/m1/s1. The lowest BCUT2D eigenvalue weighted by Crippen LogP contribution is -2.57. The Morgan fingerprint density at radius 1 is 0.922 bits per heavy atom. The second kappa shape index (κ2) is 25.8. The second-order valence-electron chi connectivity index (χ2n) is 21.7. The highest BCUT2D eigenvalue weighted by Crippen LogP contribution is 2.35. The molecule has 5 heterocycles. The molecular formula is C57H77N11O8S. The largest absolute Gasteiger partial charge is 0.494 e. The number of aromatic nitrogens is 4. The predicted octanol–water partition coefficient (Wildman–Crippen LogP) is 6.41. The Morgan fingerprint density at radius 2 is 1.68 bits per heavy atom. The van der Waals surface area contributed by atoms with Crippen LogP contribution in [-0.2, 0) is 30.5 Å². The molecule has 77 heavy (non-hydrogen) atoms. The number of likely N-dealkylation sites (tertiary alicyclic amines) is 1. The van der Waals surface area contributed by atoms with Crippen molar-refractivity contribution < 1.29 is 33.8 Å². The number of amides is 4. The SMILES string of the molecule is CCC(=O)NC1CCC(n2c(=O)cc(C)c3cnc(Nc4ccc(N5CCN(CCCCOCCC(=O)N[C@@H](C(=O)N6C[C@H](O)C[C@H]6C(=O)NCc6ccc(-c7scnc7C)cc6)C(C)(C)C)CC5)cc4OC)nc32)CC1. The van der Waals surface area contributed by atoms with Crippen LogP contribution < -0.4 is 36.5 Å². The number of nitrogens with one attached hydrogen (secondary N) is 4. The van der Waals surface area contributed by atoms with Gasteiger partial charge in [-0.25, -0.2) is 9.97 Å². The number of hydrogen-bond donors (Lipinski definition) is 5. The van der Waals surface area contributed by atoms with E-state index in [4.69, 9.17) is 14.5 Å². The van der Waals surface area contributed by atoms with Gasteiger partial charge in [0.05, 0.1) is 41.6 Å². The molecule has 1 saturated carbocycles. The lowest BCUT2D eigenvalue weighted by molar-refractivity contribution is -0.144. The molecule has 8 rings (SSSR count). The van der Waals surface area contributed by atoms with Gasteiger partial charge in [-0.2, -0.15) is 4.98 Å². The van der Waals surface area contributed by atoms with Crippen LogP contribution in [0.1, 0.15) is 108 Å². The van der Waals surface area contributed by atoms with Crippen molar-refractivity contribution in [3.05, 3.63) is 87.4 Å². The summed E-state index contributed by atoms with van der Waals surface area (Å²) >= 11 is 1.58. The fourth-order valence-electron chi connectivity index (χ4n) is 10.6. The first kappa shape index (κ1) is 56.7. The summed E-state index contributed by atoms with van der Waals surface area (Å²) in [5.41, 5.74) is 7.17. The number of carbonyl (C=O) groups excluding carboxylic acids is 4. The normalized spacial score (nSPS) is 19.5. The number of rotatable bonds is 21. The first-order chi connectivity index (χ1) is 37.0. The van der Waals surface area contributed by atoms with Crippen LogP contribution in [0, 0.1) is 19.3 Å². The van der Waals surface area contributed by atoms with Crippen LogP contribution in [0.5, 0.6) is 5.75 Å². The van der Waals surface area contributed by atoms with Crippen molar-refractivity contribution in [2.45, 2.75) is 136 Å². The summed E-state index contributed by atoms with van der Waals surface area (Å²) in [6, 6.07) is 14.0. The minimum Gasteiger partial charge on any atom is -0.494 e. The number of β-amino-alcohol motifs (C(OH)–C–C–N with tert-alkyl or cyclic N) is 1. The molecule has 19 nitrogen and oxygen atoms in total. The maximum absolute atomic E-state index is 14.1. The number of hydrogen-bond acceptors (Lipinski definition) is 15. The van der Waals surface area contributed by atoms with E-state index in [1.54, 1.807) is 35.3 Å². The summed E-state index contributed by atoms with van der Waals surface area (Å²) in [6.07, 6.45) is 6.49. The van der Waals surface area contributed by atoms with E-state index in [2.05, 4.69) is 47.1 Å². The topological polar surface area (TPSA) is 225 Å². The van der Waals surface area contributed by atoms with Crippen LogP contribution in [0.4, 0.5) is 17.3 Å². The van der Waals surface area contributed by atoms with Gasteiger partial charge >= 0.3 is 0 Å². The molecule has 2 saturated heterocycles. The third kappa shape index (κ3) is 14.4. The number of unbranched alkanes of at least 4 members (excludes halogenated alkanes) is 1. The number of anilines is 3. The highest BCUT2D eigenvalue weighted by molar-refractivity contribution is 7.13. The van der Waals surface area contributed by atoms with Crippen molar-refractivity contribution >= 4 is 63.3 Å². The van der Waals surface area contributed by atoms with Gasteiger partial charge in [-0.15, -0.1) is 11.3 Å². The van der Waals surface area contributed by atoms with E-state index in [0.717, 1.165) is 110 Å². The van der Waals surface area contributed by atoms with Crippen molar-refractivity contribution in [3.63, 3.8) is 0 Å². The Hall–Kier alpha value is -6.48. The minimum atomic E-state index is -0.909. The lowest BCUT2D eigenvalue weighted by Gasteiger charge is -2.36. The van der Waals surface area contributed by atoms with Crippen LogP contribution in [0.25, 0.3) is 21.5 Å². The number of piperazine rings is 1. The number of nitrogens with zero attached hydrogens (tertiary/aromatic N) is 7. The van der Waals surface area contributed by atoms with Crippen LogP contribution in [0.15, 0.2) is 65.0 Å². The molecular weight excluding hydrogens is 999 g/mol. The Balaban J connectivity index is 0.745. The third-order valence-corrected chi connectivity index (χ3v) is 16.1. The number of aliphatic hydroxyl groups is 1. The maximum Gasteiger partial charge on any atom is 0.252 e. The first-order valence-corrected chi connectivity index (χ1v) is 28.1. The van der Waals surface area contributed by atoms with Crippen molar-refractivity contribution in [1.82, 2.24) is 45.3 Å². The maximum atomic E-state index is 14.1. The van der Waals surface area contributed by atoms with E-state index >= 15 is 0 Å². The number of ether oxygens (including phenoxy) is 2. The van der Waals surface area contributed by atoms with Crippen molar-refractivity contribution in [2.24, 2.45) is 5.41 Å². The van der Waals surface area contributed by atoms with E-state index < -0.39 is 29.5 Å². The number of carbonyl (C=O) groups is 4. The van der Waals surface area contributed by atoms with Crippen molar-refractivity contribution in [2.75, 3.05) is 69.8 Å². The Morgan fingerprint density at radius 3 is 2.36 bits per heavy atom. The van der Waals surface area contributed by atoms with E-state index in [1.165, 1.54) is 4.90 Å². The van der Waals surface area contributed by atoms with E-state index in [-0.39, 0.29) is 67.9 Å². The van der Waals surface area contributed by atoms with Gasteiger partial charge in [0.25, 0.3) is 5.56 Å². The fourth-order valence-corrected chi connectivity index (χ4v) is 11.5. The van der Waals surface area contributed by atoms with Crippen LogP contribution >= 0.6 is 11.3 Å². The van der Waals surface area contributed by atoms with Gasteiger partial charge in [0.2, 0.25) is 29.6 Å². The molecule has 0 spiro atoms. The molecule has 2 aromatic carbocycles. The summed E-state index contributed by atoms with van der Waals surface area (Å²) in [4.78, 5) is 87.5. The third-order valence-electron chi connectivity index (χ3n) is 15.1. The smallest absolute Gasteiger partial charge is 0.252 e. The average molecular weight is 1080 g/mol. The van der Waals surface area contributed by atoms with Gasteiger partial charge < -0.3 is 45.6 Å². The molecule has 5 aromatic rings. The van der Waals surface area contributed by atoms with Crippen LogP contribution in [0.2, 0.25) is 0 Å². The minimum absolute atomic E-state index is 0.00716. The van der Waals surface area contributed by atoms with Gasteiger partial charge in [0.15, 0.2) is 0 Å². The zero-order valence-electron chi connectivity index (χ0n) is 45.7. The number of benzene rings is 2. The number of fused-ring (bicyclic) bond motifs is 1. The van der Waals surface area contributed by atoms with E-state index in [9.17, 15) is 29.1 Å². The fraction of sp³-hybridized carbons (Fsp3) is 0.544. The molecule has 20 heteroatoms. The molecule has 414 valence electrons. The van der Waals surface area contributed by atoms with E-state index in [1.807, 2.05) is 83.5 Å². The summed E-state index contributed by atoms with van der Waals surface area (Å²) in [5, 5.41) is 23.8. The van der Waals surface area contributed by atoms with Crippen molar-refractivity contribution in [1.29, 1.82) is 0 Å². The number of aliphatic hydroxyl groups excluding tert-OH is 1. The number of pyridine rings is 1. The monoisotopic (exact) mass is 1080 g/mol. The summed E-state index contributed by atoms with van der Waals surface area (Å²) in [5.74, 6) is 0.00295. The second-order valence-corrected chi connectivity index (χ2v) is 22.6. The van der Waals surface area contributed by atoms with Crippen molar-refractivity contribution in [3.8, 4) is 16.2 Å². The van der Waals surface area contributed by atoms with Crippen LogP contribution in [-0.4, -0.2) is 142 Å². The molecule has 0 bridgehead atoms. The molecule has 3 aliphatic rings. The number of thiazole rings is 1. The first-order valence-electron chi connectivity index (χ1n) is 27.2. The molecule has 1 aliphatic carbocycles. The Kier molecular flexibility index (Phi) is 19.0. The van der Waals surface area contributed by atoms with Crippen LogP contribution in [0.3, 0.4) is 0 Å². The summed E-state index contributed by atoms with van der Waals surface area (Å²) in [6.45, 7) is 16.8. The molecule has 0 unspecified atom stereocenters. The summed E-state index contributed by atoms with van der Waals surface area (Å²) < 4.78 is 13.5. The highest BCUT2D eigenvalue weighted by atomic mass is 32.1. The Bertz CT molecular complexity index is 2910.